The molecule has 80 heavy (non-hydrogen) atoms. The van der Waals surface area contributed by atoms with Gasteiger partial charge in [0.25, 0.3) is 0 Å². The number of nitrogens with one attached hydrogen (secondary N) is 2. The quantitative estimate of drug-likeness (QED) is 0.117. The third-order valence-corrected chi connectivity index (χ3v) is 14.6. The molecule has 0 spiro atoms. The molecule has 22 nitrogen and oxygen atoms in total. The van der Waals surface area contributed by atoms with Crippen LogP contribution in [0.2, 0.25) is 5.15 Å². The Hall–Kier alpha value is -7.71. The van der Waals surface area contributed by atoms with E-state index >= 15 is 0 Å². The zero-order chi connectivity index (χ0) is 54.5. The summed E-state index contributed by atoms with van der Waals surface area (Å²) in [7, 11) is -0.448. The Morgan fingerprint density at radius 3 is 1.55 bits per heavy atom. The minimum atomic E-state index is -0.448. The monoisotopic (exact) mass is 1140 g/mol. The summed E-state index contributed by atoms with van der Waals surface area (Å²) < 4.78 is 22.6. The number of fused-ring (bicyclic) bond motifs is 8. The average Bonchev–Trinajstić information content (AvgIpc) is 4.39. The summed E-state index contributed by atoms with van der Waals surface area (Å²) in [6.45, 7) is 18.8. The number of aryl methyl sites for hydroxylation is 4. The van der Waals surface area contributed by atoms with E-state index in [0.29, 0.717) is 40.5 Å². The molecule has 414 valence electrons. The summed E-state index contributed by atoms with van der Waals surface area (Å²) in [5.41, 5.74) is 7.76. The van der Waals surface area contributed by atoms with Crippen molar-refractivity contribution in [1.29, 1.82) is 0 Å². The van der Waals surface area contributed by atoms with Crippen LogP contribution in [0.1, 0.15) is 63.7 Å². The van der Waals surface area contributed by atoms with Gasteiger partial charge < -0.3 is 27.9 Å². The SMILES string of the molecule is Cc1cc(-c2ccc3c(n2)N(C(=O)Nc2nccc(-c4cnc(C)o4)n2)[C@H]2CCN3C2)ccn1.Cc1cc(-c2ccc3c(n2)N(C(=O)Nc2nccc(Cl)n2)[C@H]2CCN3C2)ccn1.Cc1ncc(B2OC(C)(C)C(C)(C)O2)o1.S.S. The number of amides is 4. The third-order valence-electron chi connectivity index (χ3n) is 14.4. The van der Waals surface area contributed by atoms with Crippen LogP contribution in [0.3, 0.4) is 0 Å². The van der Waals surface area contributed by atoms with Crippen LogP contribution in [0.25, 0.3) is 34.0 Å². The zero-order valence-electron chi connectivity index (χ0n) is 45.3. The van der Waals surface area contributed by atoms with Crippen molar-refractivity contribution in [2.45, 2.75) is 91.5 Å². The summed E-state index contributed by atoms with van der Waals surface area (Å²) in [5.74, 6) is 3.33. The molecule has 4 amide bonds. The largest absolute Gasteiger partial charge is 0.534 e. The number of hydrogen-bond donors (Lipinski definition) is 2. The van der Waals surface area contributed by atoms with E-state index in [1.165, 1.54) is 6.20 Å². The van der Waals surface area contributed by atoms with E-state index in [2.05, 4.69) is 60.3 Å². The minimum absolute atomic E-state index is 0. The summed E-state index contributed by atoms with van der Waals surface area (Å²) >= 11 is 5.92. The van der Waals surface area contributed by atoms with Gasteiger partial charge in [0.05, 0.1) is 58.4 Å². The van der Waals surface area contributed by atoms with Gasteiger partial charge in [0.15, 0.2) is 34.8 Å². The lowest BCUT2D eigenvalue weighted by atomic mass is 9.87. The number of halogens is 1. The highest BCUT2D eigenvalue weighted by atomic mass is 35.5. The lowest BCUT2D eigenvalue weighted by Gasteiger charge is -2.35. The number of nitrogens with zero attached hydrogens (tertiary/aromatic N) is 14. The standard InChI is InChI=1S/C24H22N8O2.C20H18ClN7O.C10H16BNO3.2H2S/c1-14-11-16(5-8-25-14)18-3-4-20-22(28-18)32(17-7-10-31(20)13-17)24(33)30-23-26-9-6-19(29-23)21-12-27-15(2)34-21;1-12-10-13(4-7-22-12)15-2-3-16-18(24-15)28(14-6-9-27(16)11-14)20(29)26-19-23-8-5-17(21)25-19;1-7-12-6-8(13-7)11-14-9(2,3)10(4,5)15-11;;/h3-6,8-9,11-12,17H,7,10,13H2,1-2H3,(H,26,29,30,33);2-5,7-8,10,14H,6,9,11H2,1H3,(H,23,25,26,29);6H,1-5H3;2*1H2/t17-;14-;;;/m00.../s1. The van der Waals surface area contributed by atoms with E-state index in [-0.39, 0.29) is 79.4 Å². The predicted octanol–water partition coefficient (Wildman–Crippen LogP) is 8.87. The highest BCUT2D eigenvalue weighted by Gasteiger charge is 2.53. The Balaban J connectivity index is 0.000000153. The first-order chi connectivity index (χ1) is 37.4. The Bertz CT molecular complexity index is 3560. The van der Waals surface area contributed by atoms with E-state index in [0.717, 1.165) is 84.3 Å². The Morgan fingerprint density at radius 1 is 0.588 bits per heavy atom. The van der Waals surface area contributed by atoms with Gasteiger partial charge in [-0.1, -0.05) is 11.6 Å². The lowest BCUT2D eigenvalue weighted by Crippen LogP contribution is -2.48. The van der Waals surface area contributed by atoms with Gasteiger partial charge >= 0.3 is 19.2 Å². The van der Waals surface area contributed by atoms with E-state index in [1.54, 1.807) is 66.8 Å². The normalized spacial score (nSPS) is 17.6. The fourth-order valence-electron chi connectivity index (χ4n) is 9.86. The summed E-state index contributed by atoms with van der Waals surface area (Å²) in [6, 6.07) is 18.6. The lowest BCUT2D eigenvalue weighted by molar-refractivity contribution is 0.00578. The van der Waals surface area contributed by atoms with Crippen LogP contribution in [0.4, 0.5) is 44.5 Å². The second-order valence-corrected chi connectivity index (χ2v) is 20.8. The molecule has 0 saturated carbocycles. The zero-order valence-corrected chi connectivity index (χ0v) is 48.1. The first kappa shape index (κ1) is 57.0. The van der Waals surface area contributed by atoms with Crippen molar-refractivity contribution in [2.24, 2.45) is 0 Å². The van der Waals surface area contributed by atoms with Crippen molar-refractivity contribution in [3.05, 3.63) is 126 Å². The fraction of sp³-hybridized carbons (Fsp3) is 0.333. The number of rotatable bonds is 6. The van der Waals surface area contributed by atoms with Crippen LogP contribution >= 0.6 is 38.6 Å². The highest BCUT2D eigenvalue weighted by molar-refractivity contribution is 7.59. The van der Waals surface area contributed by atoms with Crippen molar-refractivity contribution < 1.29 is 27.7 Å². The Kier molecular flexibility index (Phi) is 16.5. The van der Waals surface area contributed by atoms with Gasteiger partial charge in [-0.25, -0.2) is 49.5 Å². The number of carbonyl (C=O) groups excluding carboxylic acids is 2. The van der Waals surface area contributed by atoms with Crippen molar-refractivity contribution in [3.8, 4) is 34.0 Å². The molecule has 2 N–H and O–H groups in total. The molecule has 13 heterocycles. The molecule has 5 aliphatic heterocycles. The molecule has 0 aromatic carbocycles. The topological polar surface area (TPSA) is 245 Å². The Morgan fingerprint density at radius 2 is 1.07 bits per heavy atom. The van der Waals surface area contributed by atoms with Crippen LogP contribution in [0.15, 0.2) is 107 Å². The van der Waals surface area contributed by atoms with Crippen molar-refractivity contribution in [1.82, 2.24) is 49.8 Å². The van der Waals surface area contributed by atoms with Gasteiger partial charge in [-0.3, -0.25) is 30.4 Å². The molecule has 0 radical (unpaired) electrons. The molecule has 8 aromatic heterocycles. The summed E-state index contributed by atoms with van der Waals surface area (Å²) in [5, 5.41) is 5.88. The molecule has 26 heteroatoms. The highest BCUT2D eigenvalue weighted by Crippen LogP contribution is 2.42. The van der Waals surface area contributed by atoms with Gasteiger partial charge in [-0.2, -0.15) is 27.0 Å². The third kappa shape index (κ3) is 11.8. The molecular weight excluding hydrogens is 1080 g/mol. The van der Waals surface area contributed by atoms with Crippen molar-refractivity contribution in [3.63, 3.8) is 0 Å². The molecule has 3 fully saturated rings. The number of oxazole rings is 2. The van der Waals surface area contributed by atoms with Gasteiger partial charge in [-0.05, 0) is 115 Å². The summed E-state index contributed by atoms with van der Waals surface area (Å²) in [4.78, 5) is 77.9. The van der Waals surface area contributed by atoms with E-state index < -0.39 is 7.12 Å². The van der Waals surface area contributed by atoms with Gasteiger partial charge in [-0.15, -0.1) is 0 Å². The second kappa shape index (κ2) is 23.2. The van der Waals surface area contributed by atoms with Gasteiger partial charge in [0.1, 0.15) is 10.8 Å². The number of hydrogen-bond acceptors (Lipinski definition) is 18. The van der Waals surface area contributed by atoms with Crippen LogP contribution in [0, 0.1) is 27.7 Å². The number of urea groups is 2. The Labute approximate surface area is 481 Å². The molecule has 5 aliphatic rings. The van der Waals surface area contributed by atoms with E-state index in [9.17, 15) is 9.59 Å². The number of carbonyl (C=O) groups is 2. The molecule has 0 unspecified atom stereocenters. The van der Waals surface area contributed by atoms with E-state index in [4.69, 9.17) is 39.7 Å². The fourth-order valence-corrected chi connectivity index (χ4v) is 10.0. The van der Waals surface area contributed by atoms with Gasteiger partial charge in [0, 0.05) is 87.3 Å². The number of anilines is 6. The van der Waals surface area contributed by atoms with Crippen LogP contribution in [0.5, 0.6) is 0 Å². The number of pyridine rings is 4. The predicted molar refractivity (Wildman–Crippen MR) is 316 cm³/mol. The van der Waals surface area contributed by atoms with Gasteiger partial charge in [0.2, 0.25) is 11.9 Å². The molecule has 3 saturated heterocycles. The maximum absolute atomic E-state index is 13.5. The smallest absolute Gasteiger partial charge is 0.450 e. The molecule has 13 rings (SSSR count). The second-order valence-electron chi connectivity index (χ2n) is 20.4. The average molecular weight is 1140 g/mol. The number of aromatic nitrogens is 10. The van der Waals surface area contributed by atoms with Crippen LogP contribution < -0.4 is 35.9 Å². The maximum Gasteiger partial charge on any atom is 0.534 e. The molecule has 2 atom stereocenters. The molecule has 8 aromatic rings. The first-order valence-corrected chi connectivity index (χ1v) is 25.9. The minimum Gasteiger partial charge on any atom is -0.450 e. The van der Waals surface area contributed by atoms with Crippen LogP contribution in [-0.2, 0) is 9.31 Å². The van der Waals surface area contributed by atoms with Crippen LogP contribution in [-0.4, -0.2) is 118 Å². The summed E-state index contributed by atoms with van der Waals surface area (Å²) in [6.07, 6.45) is 11.6. The molecule has 4 bridgehead atoms. The van der Waals surface area contributed by atoms with Crippen molar-refractivity contribution in [2.75, 3.05) is 56.4 Å². The van der Waals surface area contributed by atoms with E-state index in [1.807, 2.05) is 90.1 Å². The first-order valence-electron chi connectivity index (χ1n) is 25.6. The molecular formula is C54H60BClN16O6S2. The maximum atomic E-state index is 13.5. The molecule has 0 aliphatic carbocycles. The van der Waals surface area contributed by atoms with Crippen molar-refractivity contribution >= 4 is 98.3 Å².